The van der Waals surface area contributed by atoms with Gasteiger partial charge in [-0.15, -0.1) is 0 Å². The van der Waals surface area contributed by atoms with Crippen LogP contribution in [0, 0.1) is 5.92 Å². The number of ether oxygens (including phenoxy) is 2. The van der Waals surface area contributed by atoms with Crippen molar-refractivity contribution in [2.45, 2.75) is 26.7 Å². The number of pyridine rings is 1. The number of hydrogen-bond donors (Lipinski definition) is 1. The molecule has 0 aliphatic carbocycles. The molecule has 1 fully saturated rings. The van der Waals surface area contributed by atoms with E-state index < -0.39 is 0 Å². The first kappa shape index (κ1) is 24.4. The molecule has 1 atom stereocenters. The fourth-order valence-electron chi connectivity index (χ4n) is 3.90. The third kappa shape index (κ3) is 5.94. The first-order valence-electron chi connectivity index (χ1n) is 11.5. The summed E-state index contributed by atoms with van der Waals surface area (Å²) >= 11 is 0. The quantitative estimate of drug-likeness (QED) is 0.627. The van der Waals surface area contributed by atoms with E-state index in [0.29, 0.717) is 62.0 Å². The van der Waals surface area contributed by atoms with Gasteiger partial charge in [0.2, 0.25) is 5.91 Å². The van der Waals surface area contributed by atoms with Gasteiger partial charge in [-0.2, -0.15) is 0 Å². The van der Waals surface area contributed by atoms with Crippen molar-refractivity contribution in [3.63, 3.8) is 0 Å². The zero-order chi connectivity index (χ0) is 23.8. The largest absolute Gasteiger partial charge is 0.493 e. The minimum atomic E-state index is -0.156. The van der Waals surface area contributed by atoms with Crippen LogP contribution < -0.4 is 19.7 Å². The summed E-state index contributed by atoms with van der Waals surface area (Å²) in [4.78, 5) is 33.9. The second kappa shape index (κ2) is 11.5. The number of nitrogens with zero attached hydrogens (tertiary/aromatic N) is 3. The van der Waals surface area contributed by atoms with E-state index >= 15 is 0 Å². The number of hydrogen-bond acceptors (Lipinski definition) is 6. The summed E-state index contributed by atoms with van der Waals surface area (Å²) in [7, 11) is 3.21. The standard InChI is InChI=1S/C25H34N4O4/c1-5-18(2)25(31)29-15-13-28(14-16-29)23-20(7-6-11-26-23)24(30)27-12-10-19-8-9-21(32-3)22(17-19)33-4/h6-9,11,17-18H,5,10,12-16H2,1-4H3,(H,27,30)/t18-/m1/s1. The van der Waals surface area contributed by atoms with Crippen LogP contribution in [0.1, 0.15) is 36.2 Å². The highest BCUT2D eigenvalue weighted by Crippen LogP contribution is 2.27. The molecule has 1 N–H and O–H groups in total. The van der Waals surface area contributed by atoms with E-state index in [-0.39, 0.29) is 17.7 Å². The van der Waals surface area contributed by atoms with E-state index in [1.165, 1.54) is 0 Å². The average molecular weight is 455 g/mol. The molecule has 2 aromatic rings. The fourth-order valence-corrected chi connectivity index (χ4v) is 3.90. The number of piperazine rings is 1. The Labute approximate surface area is 195 Å². The van der Waals surface area contributed by atoms with Crippen LogP contribution in [0.15, 0.2) is 36.5 Å². The van der Waals surface area contributed by atoms with Gasteiger partial charge in [0.1, 0.15) is 5.82 Å². The Bertz CT molecular complexity index is 957. The highest BCUT2D eigenvalue weighted by molar-refractivity contribution is 5.99. The highest BCUT2D eigenvalue weighted by Gasteiger charge is 2.26. The van der Waals surface area contributed by atoms with Gasteiger partial charge in [0.05, 0.1) is 19.8 Å². The zero-order valence-corrected chi connectivity index (χ0v) is 20.0. The first-order valence-corrected chi connectivity index (χ1v) is 11.5. The van der Waals surface area contributed by atoms with E-state index in [9.17, 15) is 9.59 Å². The molecule has 1 aliphatic heterocycles. The molecule has 0 spiro atoms. The summed E-state index contributed by atoms with van der Waals surface area (Å²) < 4.78 is 10.6. The highest BCUT2D eigenvalue weighted by atomic mass is 16.5. The number of benzene rings is 1. The van der Waals surface area contributed by atoms with Crippen molar-refractivity contribution < 1.29 is 19.1 Å². The minimum absolute atomic E-state index is 0.0402. The van der Waals surface area contributed by atoms with Crippen molar-refractivity contribution >= 4 is 17.6 Å². The molecule has 0 radical (unpaired) electrons. The van der Waals surface area contributed by atoms with E-state index in [0.717, 1.165) is 12.0 Å². The second-order valence-electron chi connectivity index (χ2n) is 8.19. The normalized spacial score (nSPS) is 14.5. The van der Waals surface area contributed by atoms with Gasteiger partial charge in [-0.3, -0.25) is 9.59 Å². The molecular formula is C25H34N4O4. The number of nitrogens with one attached hydrogen (secondary N) is 1. The second-order valence-corrected chi connectivity index (χ2v) is 8.19. The Hall–Kier alpha value is -3.29. The Balaban J connectivity index is 1.59. The third-order valence-electron chi connectivity index (χ3n) is 6.10. The van der Waals surface area contributed by atoms with Crippen LogP contribution in [0.3, 0.4) is 0 Å². The monoisotopic (exact) mass is 454 g/mol. The summed E-state index contributed by atoms with van der Waals surface area (Å²) in [6.45, 7) is 7.08. The molecule has 2 amide bonds. The van der Waals surface area contributed by atoms with Crippen molar-refractivity contribution in [3.05, 3.63) is 47.7 Å². The van der Waals surface area contributed by atoms with Crippen molar-refractivity contribution in [2.24, 2.45) is 5.92 Å². The smallest absolute Gasteiger partial charge is 0.255 e. The van der Waals surface area contributed by atoms with Crippen LogP contribution in [0.25, 0.3) is 0 Å². The number of amides is 2. The summed E-state index contributed by atoms with van der Waals surface area (Å²) in [5, 5.41) is 3.00. The molecule has 1 aliphatic rings. The van der Waals surface area contributed by atoms with Crippen LogP contribution in [0.5, 0.6) is 11.5 Å². The molecule has 8 heteroatoms. The van der Waals surface area contributed by atoms with Gasteiger partial charge in [0, 0.05) is 44.8 Å². The molecule has 1 aromatic heterocycles. The predicted octanol–water partition coefficient (Wildman–Crippen LogP) is 2.77. The Morgan fingerprint density at radius 3 is 2.48 bits per heavy atom. The maximum Gasteiger partial charge on any atom is 0.255 e. The molecule has 0 unspecified atom stereocenters. The molecule has 1 aromatic carbocycles. The van der Waals surface area contributed by atoms with Gasteiger partial charge >= 0.3 is 0 Å². The van der Waals surface area contributed by atoms with Crippen molar-refractivity contribution in [1.82, 2.24) is 15.2 Å². The first-order chi connectivity index (χ1) is 16.0. The summed E-state index contributed by atoms with van der Waals surface area (Å²) in [6.07, 6.45) is 3.21. The Morgan fingerprint density at radius 2 is 1.82 bits per heavy atom. The Morgan fingerprint density at radius 1 is 1.09 bits per heavy atom. The average Bonchev–Trinajstić information content (AvgIpc) is 2.87. The van der Waals surface area contributed by atoms with Gasteiger partial charge in [-0.1, -0.05) is 19.9 Å². The maximum atomic E-state index is 12.9. The number of carbonyl (C=O) groups excluding carboxylic acids is 2. The van der Waals surface area contributed by atoms with Gasteiger partial charge in [0.25, 0.3) is 5.91 Å². The topological polar surface area (TPSA) is 84.0 Å². The van der Waals surface area contributed by atoms with Crippen LogP contribution in [0.4, 0.5) is 5.82 Å². The van der Waals surface area contributed by atoms with Crippen molar-refractivity contribution in [1.29, 1.82) is 0 Å². The maximum absolute atomic E-state index is 12.9. The predicted molar refractivity (Wildman–Crippen MR) is 128 cm³/mol. The zero-order valence-electron chi connectivity index (χ0n) is 20.0. The SMILES string of the molecule is CC[C@@H](C)C(=O)N1CCN(c2ncccc2C(=O)NCCc2ccc(OC)c(OC)c2)CC1. The molecule has 1 saturated heterocycles. The number of carbonyl (C=O) groups is 2. The van der Waals surface area contributed by atoms with Crippen LogP contribution in [0.2, 0.25) is 0 Å². The number of aromatic nitrogens is 1. The molecule has 3 rings (SSSR count). The number of rotatable bonds is 9. The lowest BCUT2D eigenvalue weighted by molar-refractivity contribution is -0.135. The van der Waals surface area contributed by atoms with Gasteiger partial charge < -0.3 is 24.6 Å². The van der Waals surface area contributed by atoms with E-state index in [1.807, 2.05) is 36.9 Å². The summed E-state index contributed by atoms with van der Waals surface area (Å²) in [5.41, 5.74) is 1.59. The molecule has 178 valence electrons. The summed E-state index contributed by atoms with van der Waals surface area (Å²) in [6, 6.07) is 9.31. The van der Waals surface area contributed by atoms with Gasteiger partial charge in [-0.05, 0) is 42.7 Å². The van der Waals surface area contributed by atoms with E-state index in [1.54, 1.807) is 32.5 Å². The molecule has 0 bridgehead atoms. The van der Waals surface area contributed by atoms with Crippen LogP contribution in [-0.2, 0) is 11.2 Å². The minimum Gasteiger partial charge on any atom is -0.493 e. The fraction of sp³-hybridized carbons (Fsp3) is 0.480. The summed E-state index contributed by atoms with van der Waals surface area (Å²) in [5.74, 6) is 2.09. The van der Waals surface area contributed by atoms with Gasteiger partial charge in [-0.25, -0.2) is 4.98 Å². The molecule has 8 nitrogen and oxygen atoms in total. The van der Waals surface area contributed by atoms with E-state index in [2.05, 4.69) is 15.2 Å². The number of methoxy groups -OCH3 is 2. The third-order valence-corrected chi connectivity index (χ3v) is 6.10. The molecule has 2 heterocycles. The number of anilines is 1. The van der Waals surface area contributed by atoms with E-state index in [4.69, 9.17) is 9.47 Å². The van der Waals surface area contributed by atoms with Gasteiger partial charge in [0.15, 0.2) is 11.5 Å². The van der Waals surface area contributed by atoms with Crippen LogP contribution >= 0.6 is 0 Å². The molecule has 33 heavy (non-hydrogen) atoms. The Kier molecular flexibility index (Phi) is 8.52. The molecule has 0 saturated carbocycles. The lowest BCUT2D eigenvalue weighted by atomic mass is 10.1. The van der Waals surface area contributed by atoms with Crippen molar-refractivity contribution in [3.8, 4) is 11.5 Å². The van der Waals surface area contributed by atoms with Crippen LogP contribution in [-0.4, -0.2) is 68.6 Å². The van der Waals surface area contributed by atoms with Crippen molar-refractivity contribution in [2.75, 3.05) is 51.8 Å². The molecular weight excluding hydrogens is 420 g/mol. The lowest BCUT2D eigenvalue weighted by Gasteiger charge is -2.37. The lowest BCUT2D eigenvalue weighted by Crippen LogP contribution is -2.50.